The third-order valence-corrected chi connectivity index (χ3v) is 6.85. The number of sulfonamides is 1. The average Bonchev–Trinajstić information content (AvgIpc) is 2.60. The summed E-state index contributed by atoms with van der Waals surface area (Å²) in [5.74, 6) is 0.0153. The van der Waals surface area contributed by atoms with Crippen LogP contribution < -0.4 is 5.32 Å². The first-order valence-electron chi connectivity index (χ1n) is 9.10. The second-order valence-corrected chi connectivity index (χ2v) is 9.44. The number of amides is 1. The fourth-order valence-corrected chi connectivity index (χ4v) is 4.58. The molecule has 1 amide bonds. The molecule has 1 aliphatic rings. The normalized spacial score (nSPS) is 20.4. The Kier molecular flexibility index (Phi) is 6.63. The fourth-order valence-electron chi connectivity index (χ4n) is 3.40. The first-order valence-corrected chi connectivity index (χ1v) is 10.7. The van der Waals surface area contributed by atoms with Gasteiger partial charge in [0.25, 0.3) is 0 Å². The van der Waals surface area contributed by atoms with Crippen LogP contribution in [0.25, 0.3) is 0 Å². The highest BCUT2D eigenvalue weighted by molar-refractivity contribution is 7.89. The summed E-state index contributed by atoms with van der Waals surface area (Å²) < 4.78 is 25.7. The van der Waals surface area contributed by atoms with E-state index in [9.17, 15) is 13.2 Å². The molecule has 1 fully saturated rings. The molecule has 5 nitrogen and oxygen atoms in total. The highest BCUT2D eigenvalue weighted by Gasteiger charge is 2.32. The van der Waals surface area contributed by atoms with Crippen molar-refractivity contribution in [3.63, 3.8) is 0 Å². The zero-order chi connectivity index (χ0) is 18.6. The number of nitrogens with one attached hydrogen (secondary N) is 1. The van der Waals surface area contributed by atoms with E-state index in [1.165, 1.54) is 4.31 Å². The minimum atomic E-state index is -3.24. The van der Waals surface area contributed by atoms with Crippen molar-refractivity contribution in [2.75, 3.05) is 18.8 Å². The molecule has 0 unspecified atom stereocenters. The largest absolute Gasteiger partial charge is 0.349 e. The summed E-state index contributed by atoms with van der Waals surface area (Å²) >= 11 is 0. The molecule has 1 heterocycles. The number of aryl methyl sites for hydroxylation is 1. The van der Waals surface area contributed by atoms with Crippen LogP contribution in [0.4, 0.5) is 0 Å². The first kappa shape index (κ1) is 19.9. The van der Waals surface area contributed by atoms with Crippen LogP contribution in [0.1, 0.15) is 50.8 Å². The Morgan fingerprint density at radius 3 is 2.60 bits per heavy atom. The molecule has 1 aliphatic heterocycles. The molecule has 6 heteroatoms. The maximum absolute atomic E-state index is 12.8. The second kappa shape index (κ2) is 8.32. The second-order valence-electron chi connectivity index (χ2n) is 7.18. The van der Waals surface area contributed by atoms with E-state index in [2.05, 4.69) is 25.2 Å². The van der Waals surface area contributed by atoms with E-state index < -0.39 is 10.0 Å². The summed E-state index contributed by atoms with van der Waals surface area (Å²) in [6.45, 7) is 8.68. The molecule has 0 radical (unpaired) electrons. The molecule has 0 saturated carbocycles. The number of carbonyl (C=O) groups excluding carboxylic acids is 1. The predicted octanol–water partition coefficient (Wildman–Crippen LogP) is 2.87. The van der Waals surface area contributed by atoms with E-state index in [1.807, 2.05) is 25.1 Å². The third kappa shape index (κ3) is 4.82. The SMILES string of the molecule is CCS(=O)(=O)N1CCC[C@@H](C(=O)N[C@@H](c2ccccc2C)C(C)C)C1. The van der Waals surface area contributed by atoms with Gasteiger partial charge in [0.05, 0.1) is 17.7 Å². The van der Waals surface area contributed by atoms with Crippen LogP contribution in [0.15, 0.2) is 24.3 Å². The molecule has 1 N–H and O–H groups in total. The summed E-state index contributed by atoms with van der Waals surface area (Å²) in [7, 11) is -3.24. The number of hydrogen-bond donors (Lipinski definition) is 1. The lowest BCUT2D eigenvalue weighted by atomic mass is 9.91. The van der Waals surface area contributed by atoms with Crippen LogP contribution in [0, 0.1) is 18.8 Å². The van der Waals surface area contributed by atoms with Crippen LogP contribution >= 0.6 is 0 Å². The minimum Gasteiger partial charge on any atom is -0.349 e. The van der Waals surface area contributed by atoms with E-state index in [4.69, 9.17) is 0 Å². The maximum atomic E-state index is 12.8. The Morgan fingerprint density at radius 2 is 2.00 bits per heavy atom. The van der Waals surface area contributed by atoms with Gasteiger partial charge in [0.15, 0.2) is 0 Å². The highest BCUT2D eigenvalue weighted by atomic mass is 32.2. The van der Waals surface area contributed by atoms with E-state index in [-0.39, 0.29) is 29.5 Å². The zero-order valence-corrected chi connectivity index (χ0v) is 16.5. The molecule has 1 saturated heterocycles. The average molecular weight is 367 g/mol. The minimum absolute atomic E-state index is 0.0436. The van der Waals surface area contributed by atoms with Crippen molar-refractivity contribution in [3.8, 4) is 0 Å². The lowest BCUT2D eigenvalue weighted by Crippen LogP contribution is -2.47. The Bertz CT molecular complexity index is 700. The zero-order valence-electron chi connectivity index (χ0n) is 15.7. The van der Waals surface area contributed by atoms with Gasteiger partial charge < -0.3 is 5.32 Å². The maximum Gasteiger partial charge on any atom is 0.224 e. The summed E-state index contributed by atoms with van der Waals surface area (Å²) in [5, 5.41) is 3.17. The Hall–Kier alpha value is -1.40. The molecular formula is C19H30N2O3S. The van der Waals surface area contributed by atoms with Gasteiger partial charge in [-0.05, 0) is 43.7 Å². The molecule has 1 aromatic carbocycles. The first-order chi connectivity index (χ1) is 11.8. The molecule has 1 aromatic rings. The highest BCUT2D eigenvalue weighted by Crippen LogP contribution is 2.26. The summed E-state index contributed by atoms with van der Waals surface area (Å²) in [5.41, 5.74) is 2.28. The molecule has 0 aliphatic carbocycles. The molecule has 2 atom stereocenters. The van der Waals surface area contributed by atoms with Gasteiger partial charge in [-0.2, -0.15) is 0 Å². The topological polar surface area (TPSA) is 66.5 Å². The van der Waals surface area contributed by atoms with Crippen molar-refractivity contribution in [1.29, 1.82) is 0 Å². The van der Waals surface area contributed by atoms with Gasteiger partial charge in [0.1, 0.15) is 0 Å². The van der Waals surface area contributed by atoms with Gasteiger partial charge >= 0.3 is 0 Å². The summed E-state index contributed by atoms with van der Waals surface area (Å²) in [6.07, 6.45) is 1.47. The van der Waals surface area contributed by atoms with Crippen LogP contribution in [-0.2, 0) is 14.8 Å². The van der Waals surface area contributed by atoms with Gasteiger partial charge in [-0.15, -0.1) is 0 Å². The van der Waals surface area contributed by atoms with Crippen molar-refractivity contribution in [3.05, 3.63) is 35.4 Å². The van der Waals surface area contributed by atoms with Gasteiger partial charge in [-0.3, -0.25) is 4.79 Å². The number of benzene rings is 1. The Labute approximate surface area is 151 Å². The predicted molar refractivity (Wildman–Crippen MR) is 101 cm³/mol. The number of rotatable bonds is 6. The molecule has 0 spiro atoms. The van der Waals surface area contributed by atoms with E-state index in [0.717, 1.165) is 24.0 Å². The van der Waals surface area contributed by atoms with E-state index >= 15 is 0 Å². The fraction of sp³-hybridized carbons (Fsp3) is 0.632. The Morgan fingerprint density at radius 1 is 1.32 bits per heavy atom. The van der Waals surface area contributed by atoms with Crippen LogP contribution in [-0.4, -0.2) is 37.5 Å². The molecule has 2 rings (SSSR count). The number of carbonyl (C=O) groups is 1. The van der Waals surface area contributed by atoms with Crippen molar-refractivity contribution < 1.29 is 13.2 Å². The molecule has 25 heavy (non-hydrogen) atoms. The molecule has 0 bridgehead atoms. The van der Waals surface area contributed by atoms with Crippen LogP contribution in [0.2, 0.25) is 0 Å². The monoisotopic (exact) mass is 366 g/mol. The lowest BCUT2D eigenvalue weighted by molar-refractivity contribution is -0.127. The van der Waals surface area contributed by atoms with Gasteiger partial charge in [-0.25, -0.2) is 12.7 Å². The molecule has 0 aromatic heterocycles. The van der Waals surface area contributed by atoms with E-state index in [0.29, 0.717) is 13.1 Å². The Balaban J connectivity index is 2.12. The molecular weight excluding hydrogens is 336 g/mol. The van der Waals surface area contributed by atoms with Crippen LogP contribution in [0.3, 0.4) is 0 Å². The number of nitrogens with zero attached hydrogens (tertiary/aromatic N) is 1. The van der Waals surface area contributed by atoms with Gasteiger partial charge in [0, 0.05) is 13.1 Å². The van der Waals surface area contributed by atoms with Crippen molar-refractivity contribution >= 4 is 15.9 Å². The third-order valence-electron chi connectivity index (χ3n) is 5.00. The standard InChI is InChI=1S/C19H30N2O3S/c1-5-25(23,24)21-12-8-10-16(13-21)19(22)20-18(14(2)3)17-11-7-6-9-15(17)4/h6-7,9,11,14,16,18H,5,8,10,12-13H2,1-4H3,(H,20,22)/t16-,18-/m1/s1. The van der Waals surface area contributed by atoms with Crippen molar-refractivity contribution in [2.45, 2.75) is 46.6 Å². The van der Waals surface area contributed by atoms with Crippen molar-refractivity contribution in [2.24, 2.45) is 11.8 Å². The molecule has 140 valence electrons. The number of hydrogen-bond acceptors (Lipinski definition) is 3. The van der Waals surface area contributed by atoms with Gasteiger partial charge in [-0.1, -0.05) is 38.1 Å². The van der Waals surface area contributed by atoms with Gasteiger partial charge in [0.2, 0.25) is 15.9 Å². The van der Waals surface area contributed by atoms with Crippen LogP contribution in [0.5, 0.6) is 0 Å². The lowest BCUT2D eigenvalue weighted by Gasteiger charge is -2.33. The van der Waals surface area contributed by atoms with E-state index in [1.54, 1.807) is 6.92 Å². The van der Waals surface area contributed by atoms with Crippen molar-refractivity contribution in [1.82, 2.24) is 9.62 Å². The smallest absolute Gasteiger partial charge is 0.224 e. The number of piperidine rings is 1. The summed E-state index contributed by atoms with van der Waals surface area (Å²) in [4.78, 5) is 12.8. The quantitative estimate of drug-likeness (QED) is 0.842. The summed E-state index contributed by atoms with van der Waals surface area (Å²) in [6, 6.07) is 8.02.